The first-order chi connectivity index (χ1) is 18.2. The van der Waals surface area contributed by atoms with Crippen LogP contribution < -0.4 is 9.79 Å². The lowest BCUT2D eigenvalue weighted by Gasteiger charge is -2.29. The van der Waals surface area contributed by atoms with Gasteiger partial charge in [-0.3, -0.25) is 18.2 Å². The van der Waals surface area contributed by atoms with Crippen LogP contribution in [0.2, 0.25) is 0 Å². The molecule has 4 N–H and O–H groups in total. The second-order valence-electron chi connectivity index (χ2n) is 8.20. The first kappa shape index (κ1) is 38.1. The first-order valence-corrected chi connectivity index (χ1v) is 17.2. The van der Waals surface area contributed by atoms with E-state index in [0.717, 1.165) is 20.3 Å². The topological polar surface area (TPSA) is 278 Å². The number of hydrogen-bond donors (Lipinski definition) is 4. The van der Waals surface area contributed by atoms with E-state index in [2.05, 4.69) is 13.6 Å². The van der Waals surface area contributed by atoms with Gasteiger partial charge in [-0.25, -0.2) is 4.57 Å². The van der Waals surface area contributed by atoms with Crippen LogP contribution in [0.25, 0.3) is 0 Å². The van der Waals surface area contributed by atoms with Gasteiger partial charge in [0.2, 0.25) is 0 Å². The Hall–Kier alpha value is 0.0600. The second-order valence-corrected chi connectivity index (χ2v) is 13.9. The minimum Gasteiger partial charge on any atom is -0.756 e. The SMILES string of the molecule is CO[C@H]1C(OP(=O)([O-])OC)[C@@H](/C=C/P(=O)(O)O)O[C@H]1C.CO[C@H]1C(OP(=O)([O-])OC)[C@@H](COP(=O)(O)O)O[C@H]1C. The monoisotopic (exact) mass is 666 g/mol. The fourth-order valence-electron chi connectivity index (χ4n) is 3.71. The quantitative estimate of drug-likeness (QED) is 0.178. The van der Waals surface area contributed by atoms with Gasteiger partial charge >= 0.3 is 15.4 Å². The predicted octanol–water partition coefficient (Wildman–Crippen LogP) is -0.622. The lowest BCUT2D eigenvalue weighted by molar-refractivity contribution is -0.232. The molecule has 40 heavy (non-hydrogen) atoms. The summed E-state index contributed by atoms with van der Waals surface area (Å²) in [6.07, 6.45) is -5.74. The number of phosphoric ester groups is 3. The molecule has 0 saturated carbocycles. The maximum absolute atomic E-state index is 11.4. The number of phosphoric acid groups is 3. The molecular formula is C17H34O19P4-2. The zero-order valence-electron chi connectivity index (χ0n) is 22.2. The lowest BCUT2D eigenvalue weighted by Crippen LogP contribution is -2.38. The summed E-state index contributed by atoms with van der Waals surface area (Å²) in [5, 5.41) is 0. The van der Waals surface area contributed by atoms with Crippen molar-refractivity contribution in [3.63, 3.8) is 0 Å². The van der Waals surface area contributed by atoms with Crippen molar-refractivity contribution in [2.75, 3.05) is 35.0 Å². The smallest absolute Gasteiger partial charge is 0.469 e. The lowest BCUT2D eigenvalue weighted by atomic mass is 10.1. The van der Waals surface area contributed by atoms with Crippen LogP contribution in [0, 0.1) is 0 Å². The van der Waals surface area contributed by atoms with Crippen LogP contribution in [0.5, 0.6) is 0 Å². The van der Waals surface area contributed by atoms with Crippen molar-refractivity contribution in [2.24, 2.45) is 0 Å². The van der Waals surface area contributed by atoms with Gasteiger partial charge in [0, 0.05) is 34.3 Å². The Bertz CT molecular complexity index is 1010. The van der Waals surface area contributed by atoms with Gasteiger partial charge in [0.15, 0.2) is 0 Å². The van der Waals surface area contributed by atoms with Crippen molar-refractivity contribution in [1.29, 1.82) is 0 Å². The Morgan fingerprint density at radius 1 is 0.750 bits per heavy atom. The van der Waals surface area contributed by atoms with Gasteiger partial charge in [-0.1, -0.05) is 0 Å². The van der Waals surface area contributed by atoms with Crippen molar-refractivity contribution in [3.05, 3.63) is 11.9 Å². The van der Waals surface area contributed by atoms with E-state index in [1.165, 1.54) is 14.2 Å². The summed E-state index contributed by atoms with van der Waals surface area (Å²) in [6, 6.07) is 0. The molecule has 0 bridgehead atoms. The number of methoxy groups -OCH3 is 2. The highest BCUT2D eigenvalue weighted by molar-refractivity contribution is 7.55. The second kappa shape index (κ2) is 15.7. The highest BCUT2D eigenvalue weighted by atomic mass is 31.2. The highest BCUT2D eigenvalue weighted by Crippen LogP contribution is 2.45. The Morgan fingerprint density at radius 3 is 1.62 bits per heavy atom. The van der Waals surface area contributed by atoms with Gasteiger partial charge in [-0.05, 0) is 19.9 Å². The fourth-order valence-corrected chi connectivity index (χ4v) is 5.71. The molecule has 2 heterocycles. The summed E-state index contributed by atoms with van der Waals surface area (Å²) in [6.45, 7) is 2.67. The summed E-state index contributed by atoms with van der Waals surface area (Å²) in [5.74, 6) is 0.626. The molecule has 23 heteroatoms. The fraction of sp³-hybridized carbons (Fsp3) is 0.882. The molecule has 2 aliphatic heterocycles. The summed E-state index contributed by atoms with van der Waals surface area (Å²) < 4.78 is 87.4. The molecule has 10 atom stereocenters. The van der Waals surface area contributed by atoms with E-state index < -0.39 is 86.5 Å². The van der Waals surface area contributed by atoms with Gasteiger partial charge in [-0.15, -0.1) is 0 Å². The summed E-state index contributed by atoms with van der Waals surface area (Å²) in [4.78, 5) is 57.6. The Kier molecular flexibility index (Phi) is 14.9. The molecule has 0 aromatic heterocycles. The number of hydrogen-bond acceptors (Lipinski definition) is 15. The van der Waals surface area contributed by atoms with Gasteiger partial charge in [0.1, 0.15) is 36.6 Å². The minimum absolute atomic E-state index is 0.520. The normalized spacial score (nSPS) is 34.3. The third-order valence-corrected chi connectivity index (χ3v) is 8.34. The van der Waals surface area contributed by atoms with Gasteiger partial charge in [0.05, 0.1) is 18.8 Å². The highest BCUT2D eigenvalue weighted by Gasteiger charge is 2.46. The maximum atomic E-state index is 11.4. The molecule has 4 unspecified atom stereocenters. The standard InChI is InChI=1S/C9H18O9P2.C8H18O10P2/c1-6-8(15-2)9(18-20(13,14)16-3)7(17-6)4-5-19(10,11)12;1-5-7(14-2)8(18-20(12,13)15-3)6(17-5)4-16-19(9,10)11/h4-9H,1-3H3,(H,13,14)(H2,10,11,12);5-8H,4H2,1-3H3,(H,12,13)(H2,9,10,11)/p-2/b5-4+;/t6-,7+,8+,9?;5-,6+,7+,8?/m00/s1. The van der Waals surface area contributed by atoms with Crippen LogP contribution >= 0.6 is 31.1 Å². The van der Waals surface area contributed by atoms with Crippen LogP contribution in [-0.4, -0.2) is 103 Å². The van der Waals surface area contributed by atoms with Crippen LogP contribution in [0.15, 0.2) is 11.9 Å². The zero-order chi connectivity index (χ0) is 31.1. The van der Waals surface area contributed by atoms with E-state index in [1.54, 1.807) is 13.8 Å². The molecule has 2 saturated heterocycles. The molecule has 19 nitrogen and oxygen atoms in total. The molecule has 0 aromatic rings. The van der Waals surface area contributed by atoms with Crippen molar-refractivity contribution >= 4 is 31.1 Å². The molecule has 0 amide bonds. The van der Waals surface area contributed by atoms with Crippen LogP contribution in [-0.2, 0) is 59.8 Å². The molecule has 238 valence electrons. The Labute approximate surface area is 230 Å². The number of rotatable bonds is 13. The summed E-state index contributed by atoms with van der Waals surface area (Å²) >= 11 is 0. The van der Waals surface area contributed by atoms with Crippen LogP contribution in [0.4, 0.5) is 0 Å². The third kappa shape index (κ3) is 12.7. The van der Waals surface area contributed by atoms with E-state index in [0.29, 0.717) is 5.82 Å². The maximum Gasteiger partial charge on any atom is 0.469 e. The van der Waals surface area contributed by atoms with E-state index in [-0.39, 0.29) is 0 Å². The third-order valence-electron chi connectivity index (χ3n) is 5.39. The molecule has 2 rings (SSSR count). The average molecular weight is 666 g/mol. The van der Waals surface area contributed by atoms with Crippen LogP contribution in [0.3, 0.4) is 0 Å². The summed E-state index contributed by atoms with van der Waals surface area (Å²) in [7, 11) is -13.7. The van der Waals surface area contributed by atoms with Crippen LogP contribution in [0.1, 0.15) is 13.8 Å². The van der Waals surface area contributed by atoms with E-state index >= 15 is 0 Å². The largest absolute Gasteiger partial charge is 0.756 e. The van der Waals surface area contributed by atoms with Crippen molar-refractivity contribution in [1.82, 2.24) is 0 Å². The molecule has 2 aliphatic rings. The van der Waals surface area contributed by atoms with E-state index in [4.69, 9.17) is 47.6 Å². The molecule has 0 radical (unpaired) electrons. The van der Waals surface area contributed by atoms with Crippen molar-refractivity contribution in [3.8, 4) is 0 Å². The van der Waals surface area contributed by atoms with Gasteiger partial charge in [-0.2, -0.15) is 0 Å². The zero-order valence-corrected chi connectivity index (χ0v) is 25.8. The van der Waals surface area contributed by atoms with E-state index in [1.807, 2.05) is 0 Å². The average Bonchev–Trinajstić information content (AvgIpc) is 3.29. The first-order valence-electron chi connectivity index (χ1n) is 11.1. The van der Waals surface area contributed by atoms with Gasteiger partial charge in [0.25, 0.3) is 15.6 Å². The molecule has 0 spiro atoms. The molecular weight excluding hydrogens is 632 g/mol. The Morgan fingerprint density at radius 2 is 1.20 bits per heavy atom. The minimum atomic E-state index is -4.71. The van der Waals surface area contributed by atoms with Crippen molar-refractivity contribution in [2.45, 2.75) is 62.7 Å². The number of ether oxygens (including phenoxy) is 4. The molecule has 0 aliphatic carbocycles. The molecule has 0 aromatic carbocycles. The van der Waals surface area contributed by atoms with E-state index in [9.17, 15) is 28.0 Å². The summed E-state index contributed by atoms with van der Waals surface area (Å²) in [5.41, 5.74) is 0. The molecule has 2 fully saturated rings. The predicted molar refractivity (Wildman–Crippen MR) is 128 cm³/mol. The van der Waals surface area contributed by atoms with Crippen molar-refractivity contribution < 1.29 is 89.2 Å². The van der Waals surface area contributed by atoms with Gasteiger partial charge < -0.3 is 66.4 Å². The Balaban J connectivity index is 0.000000400.